The average molecular weight is 259 g/mol. The Balaban J connectivity index is 1.63. The van der Waals surface area contributed by atoms with E-state index in [0.29, 0.717) is 11.2 Å². The van der Waals surface area contributed by atoms with Crippen molar-refractivity contribution in [2.75, 3.05) is 6.54 Å². The van der Waals surface area contributed by atoms with Gasteiger partial charge in [0, 0.05) is 17.3 Å². The molecule has 4 nitrogen and oxygen atoms in total. The normalized spacial score (nSPS) is 24.8. The maximum atomic E-state index is 12.2. The molecule has 4 heteroatoms. The van der Waals surface area contributed by atoms with Gasteiger partial charge in [-0.2, -0.15) is 0 Å². The molecule has 0 aromatic carbocycles. The minimum atomic E-state index is -0.0370. The second-order valence-corrected chi connectivity index (χ2v) is 5.89. The predicted octanol–water partition coefficient (Wildman–Crippen LogP) is 1.79. The van der Waals surface area contributed by atoms with Crippen molar-refractivity contribution in [3.05, 3.63) is 29.6 Å². The highest BCUT2D eigenvalue weighted by molar-refractivity contribution is 5.92. The van der Waals surface area contributed by atoms with Gasteiger partial charge in [0.05, 0.1) is 0 Å². The Bertz CT molecular complexity index is 482. The Morgan fingerprint density at radius 1 is 1.47 bits per heavy atom. The zero-order valence-corrected chi connectivity index (χ0v) is 11.4. The fraction of sp³-hybridized carbons (Fsp3) is 0.600. The summed E-state index contributed by atoms with van der Waals surface area (Å²) in [6.45, 7) is 2.91. The van der Waals surface area contributed by atoms with Gasteiger partial charge in [-0.25, -0.2) is 4.98 Å². The van der Waals surface area contributed by atoms with Crippen LogP contribution in [0.3, 0.4) is 0 Å². The second-order valence-electron chi connectivity index (χ2n) is 5.89. The third-order valence-corrected chi connectivity index (χ3v) is 4.40. The molecule has 1 amide bonds. The van der Waals surface area contributed by atoms with Gasteiger partial charge in [0.15, 0.2) is 0 Å². The molecule has 1 aliphatic carbocycles. The summed E-state index contributed by atoms with van der Waals surface area (Å²) < 4.78 is 0. The lowest BCUT2D eigenvalue weighted by atomic mass is 9.70. The standard InChI is InChI=1S/C15H21N3O/c1-11-4-2-5-13(17-11)14(19)18-12-6-9-16-15(10-12)7-3-8-15/h2,4-5,12,16H,3,6-10H2,1H3,(H,18,19). The maximum Gasteiger partial charge on any atom is 0.270 e. The van der Waals surface area contributed by atoms with E-state index in [4.69, 9.17) is 0 Å². The van der Waals surface area contributed by atoms with E-state index < -0.39 is 0 Å². The van der Waals surface area contributed by atoms with Crippen LogP contribution in [0.25, 0.3) is 0 Å². The van der Waals surface area contributed by atoms with Gasteiger partial charge >= 0.3 is 0 Å². The second kappa shape index (κ2) is 4.93. The van der Waals surface area contributed by atoms with Gasteiger partial charge in [-0.15, -0.1) is 0 Å². The number of carbonyl (C=O) groups excluding carboxylic acids is 1. The number of pyridine rings is 1. The first-order chi connectivity index (χ1) is 9.17. The molecule has 1 atom stereocenters. The molecule has 0 radical (unpaired) electrons. The Hall–Kier alpha value is -1.42. The smallest absolute Gasteiger partial charge is 0.270 e. The van der Waals surface area contributed by atoms with Gasteiger partial charge in [0.25, 0.3) is 5.91 Å². The number of rotatable bonds is 2. The summed E-state index contributed by atoms with van der Waals surface area (Å²) in [5.41, 5.74) is 1.73. The van der Waals surface area contributed by atoms with Crippen LogP contribution in [-0.2, 0) is 0 Å². The number of carbonyl (C=O) groups is 1. The molecule has 1 spiro atoms. The number of hydrogen-bond acceptors (Lipinski definition) is 3. The summed E-state index contributed by atoms with van der Waals surface area (Å²) in [4.78, 5) is 16.5. The summed E-state index contributed by atoms with van der Waals surface area (Å²) in [6.07, 6.45) is 5.89. The first kappa shape index (κ1) is 12.6. The average Bonchev–Trinajstić information content (AvgIpc) is 2.37. The van der Waals surface area contributed by atoms with Crippen molar-refractivity contribution in [2.24, 2.45) is 0 Å². The predicted molar refractivity (Wildman–Crippen MR) is 74.0 cm³/mol. The quantitative estimate of drug-likeness (QED) is 0.851. The summed E-state index contributed by atoms with van der Waals surface area (Å²) >= 11 is 0. The molecule has 19 heavy (non-hydrogen) atoms. The maximum absolute atomic E-state index is 12.2. The fourth-order valence-electron chi connectivity index (χ4n) is 3.19. The summed E-state index contributed by atoms with van der Waals surface area (Å²) in [6, 6.07) is 5.86. The molecule has 1 aromatic heterocycles. The van der Waals surface area contributed by atoms with Crippen molar-refractivity contribution in [3.63, 3.8) is 0 Å². The van der Waals surface area contributed by atoms with Gasteiger partial charge < -0.3 is 10.6 Å². The highest BCUT2D eigenvalue weighted by atomic mass is 16.1. The largest absolute Gasteiger partial charge is 0.348 e. The van der Waals surface area contributed by atoms with Gasteiger partial charge in [-0.3, -0.25) is 4.79 Å². The number of nitrogens with one attached hydrogen (secondary N) is 2. The molecule has 2 heterocycles. The van der Waals surface area contributed by atoms with E-state index >= 15 is 0 Å². The van der Waals surface area contributed by atoms with E-state index in [1.165, 1.54) is 19.3 Å². The zero-order valence-electron chi connectivity index (χ0n) is 11.4. The summed E-state index contributed by atoms with van der Waals surface area (Å²) in [5, 5.41) is 6.76. The number of amides is 1. The Morgan fingerprint density at radius 3 is 3.00 bits per heavy atom. The molecule has 1 unspecified atom stereocenters. The molecule has 2 N–H and O–H groups in total. The molecule has 102 valence electrons. The van der Waals surface area contributed by atoms with Crippen LogP contribution < -0.4 is 10.6 Å². The first-order valence-corrected chi connectivity index (χ1v) is 7.16. The van der Waals surface area contributed by atoms with Gasteiger partial charge in [-0.05, 0) is 57.7 Å². The third kappa shape index (κ3) is 2.63. The van der Waals surface area contributed by atoms with Crippen LogP contribution in [0.15, 0.2) is 18.2 Å². The topological polar surface area (TPSA) is 54.0 Å². The van der Waals surface area contributed by atoms with Gasteiger partial charge in [0.1, 0.15) is 5.69 Å². The van der Waals surface area contributed by atoms with Crippen molar-refractivity contribution in [2.45, 2.75) is 50.6 Å². The van der Waals surface area contributed by atoms with Crippen molar-refractivity contribution < 1.29 is 4.79 Å². The van der Waals surface area contributed by atoms with E-state index in [9.17, 15) is 4.79 Å². The van der Waals surface area contributed by atoms with Gasteiger partial charge in [0.2, 0.25) is 0 Å². The monoisotopic (exact) mass is 259 g/mol. The van der Waals surface area contributed by atoms with E-state index in [0.717, 1.165) is 25.1 Å². The lowest BCUT2D eigenvalue weighted by Crippen LogP contribution is -2.59. The molecule has 2 aliphatic rings. The molecular weight excluding hydrogens is 238 g/mol. The van der Waals surface area contributed by atoms with Crippen molar-refractivity contribution in [3.8, 4) is 0 Å². The minimum Gasteiger partial charge on any atom is -0.348 e. The Kier molecular flexibility index (Phi) is 3.27. The lowest BCUT2D eigenvalue weighted by molar-refractivity contribution is 0.0848. The van der Waals surface area contributed by atoms with E-state index in [2.05, 4.69) is 15.6 Å². The van der Waals surface area contributed by atoms with Crippen LogP contribution in [-0.4, -0.2) is 29.0 Å². The fourth-order valence-corrected chi connectivity index (χ4v) is 3.19. The first-order valence-electron chi connectivity index (χ1n) is 7.16. The zero-order chi connectivity index (χ0) is 13.3. The SMILES string of the molecule is Cc1cccc(C(=O)NC2CCNC3(CCC3)C2)n1. The van der Waals surface area contributed by atoms with E-state index in [-0.39, 0.29) is 11.9 Å². The molecule has 1 saturated carbocycles. The van der Waals surface area contributed by atoms with Crippen molar-refractivity contribution in [1.29, 1.82) is 0 Å². The molecule has 1 aliphatic heterocycles. The number of nitrogens with zero attached hydrogens (tertiary/aromatic N) is 1. The van der Waals surface area contributed by atoms with Crippen LogP contribution in [0.1, 0.15) is 48.3 Å². The molecule has 1 saturated heterocycles. The van der Waals surface area contributed by atoms with E-state index in [1.807, 2.05) is 19.1 Å². The van der Waals surface area contributed by atoms with E-state index in [1.54, 1.807) is 6.07 Å². The van der Waals surface area contributed by atoms with Crippen LogP contribution in [0, 0.1) is 6.92 Å². The van der Waals surface area contributed by atoms with Crippen LogP contribution in [0.5, 0.6) is 0 Å². The number of aryl methyl sites for hydroxylation is 1. The molecular formula is C15H21N3O. The highest BCUT2D eigenvalue weighted by Crippen LogP contribution is 2.38. The lowest BCUT2D eigenvalue weighted by Gasteiger charge is -2.48. The summed E-state index contributed by atoms with van der Waals surface area (Å²) in [7, 11) is 0. The van der Waals surface area contributed by atoms with Crippen LogP contribution >= 0.6 is 0 Å². The molecule has 0 bridgehead atoms. The summed E-state index contributed by atoms with van der Waals surface area (Å²) in [5.74, 6) is -0.0370. The molecule has 1 aromatic rings. The Morgan fingerprint density at radius 2 is 2.32 bits per heavy atom. The number of hydrogen-bond donors (Lipinski definition) is 2. The number of piperidine rings is 1. The third-order valence-electron chi connectivity index (χ3n) is 4.40. The number of aromatic nitrogens is 1. The molecule has 3 rings (SSSR count). The van der Waals surface area contributed by atoms with Gasteiger partial charge in [-0.1, -0.05) is 6.07 Å². The van der Waals surface area contributed by atoms with Crippen LogP contribution in [0.4, 0.5) is 0 Å². The minimum absolute atomic E-state index is 0.0370. The van der Waals surface area contributed by atoms with Crippen LogP contribution in [0.2, 0.25) is 0 Å². The Labute approximate surface area is 114 Å². The molecule has 2 fully saturated rings. The van der Waals surface area contributed by atoms with Crippen molar-refractivity contribution >= 4 is 5.91 Å². The van der Waals surface area contributed by atoms with Crippen molar-refractivity contribution in [1.82, 2.24) is 15.6 Å². The highest BCUT2D eigenvalue weighted by Gasteiger charge is 2.41.